The third-order valence-corrected chi connectivity index (χ3v) is 1.14. The minimum absolute atomic E-state index is 2.12. The van der Waals surface area contributed by atoms with Gasteiger partial charge in [-0.1, -0.05) is 0 Å². The molecule has 0 aromatic heterocycles. The molecule has 0 spiro atoms. The molecule has 1 unspecified atom stereocenters. The van der Waals surface area contributed by atoms with Crippen LogP contribution in [0.25, 0.3) is 0 Å². The topological polar surface area (TPSA) is 0 Å². The van der Waals surface area contributed by atoms with Gasteiger partial charge in [-0.3, -0.25) is 0 Å². The van der Waals surface area contributed by atoms with Crippen LogP contribution < -0.4 is 0 Å². The van der Waals surface area contributed by atoms with Crippen LogP contribution in [0.3, 0.4) is 0 Å². The van der Waals surface area contributed by atoms with Crippen molar-refractivity contribution in [1.82, 2.24) is 0 Å². The summed E-state index contributed by atoms with van der Waals surface area (Å²) in [5.41, 5.74) is 0. The molecule has 0 saturated carbocycles. The Bertz CT molecular complexity index is 115. The van der Waals surface area contributed by atoms with Gasteiger partial charge in [-0.2, -0.15) is 13.2 Å². The third-order valence-electron chi connectivity index (χ3n) is 0.687. The Kier molecular flexibility index (Phi) is 2.50. The van der Waals surface area contributed by atoms with Gasteiger partial charge in [0.2, 0.25) is 0 Å². The van der Waals surface area contributed by atoms with Crippen molar-refractivity contribution in [2.24, 2.45) is 0 Å². The second-order valence-electron chi connectivity index (χ2n) is 1.47. The van der Waals surface area contributed by atoms with Crippen LogP contribution in [0.2, 0.25) is 0 Å². The lowest BCUT2D eigenvalue weighted by Gasteiger charge is -2.20. The van der Waals surface area contributed by atoms with E-state index in [9.17, 15) is 26.3 Å². The van der Waals surface area contributed by atoms with Crippen LogP contribution in [0.15, 0.2) is 0 Å². The van der Waals surface area contributed by atoms with Crippen LogP contribution in [0.4, 0.5) is 26.3 Å². The molecule has 0 nitrogen and oxygen atoms in total. The molecule has 0 saturated heterocycles. The summed E-state index contributed by atoms with van der Waals surface area (Å²) in [7, 11) is 0. The Hall–Kier alpha value is -0.0700. The minimum atomic E-state index is -5.63. The normalized spacial score (nSPS) is 19.2. The summed E-state index contributed by atoms with van der Waals surface area (Å²) in [6.45, 7) is 0. The molecule has 0 aliphatic carbocycles. The Morgan fingerprint density at radius 2 is 1.30 bits per heavy atom. The van der Waals surface area contributed by atoms with Crippen molar-refractivity contribution in [3.8, 4) is 0 Å². The Morgan fingerprint density at radius 1 is 1.00 bits per heavy atom. The van der Waals surface area contributed by atoms with E-state index < -0.39 is 17.6 Å². The van der Waals surface area contributed by atoms with Crippen molar-refractivity contribution in [3.63, 3.8) is 0 Å². The van der Waals surface area contributed by atoms with E-state index in [4.69, 9.17) is 0 Å². The van der Waals surface area contributed by atoms with Gasteiger partial charge < -0.3 is 0 Å². The van der Waals surface area contributed by atoms with Crippen molar-refractivity contribution in [2.75, 3.05) is 0 Å². The van der Waals surface area contributed by atoms with Gasteiger partial charge in [0.05, 0.1) is 0 Å². The van der Waals surface area contributed by atoms with Gasteiger partial charge >= 0.3 is 11.2 Å². The highest BCUT2D eigenvalue weighted by molar-refractivity contribution is 7.81. The Balaban J connectivity index is 4.40. The molecule has 10 heavy (non-hydrogen) atoms. The number of thiol groups is 1. The van der Waals surface area contributed by atoms with Gasteiger partial charge in [-0.05, 0) is 0 Å². The van der Waals surface area contributed by atoms with Gasteiger partial charge in [-0.25, -0.2) is 13.2 Å². The quantitative estimate of drug-likeness (QED) is 0.469. The maximum Gasteiger partial charge on any atom is 0.437 e. The minimum Gasteiger partial charge on any atom is -0.215 e. The molecule has 0 radical (unpaired) electrons. The van der Waals surface area contributed by atoms with Crippen LogP contribution in [0.5, 0.6) is 0 Å². The molecular weight excluding hydrogens is 182 g/mol. The van der Waals surface area contributed by atoms with Gasteiger partial charge in [0.25, 0.3) is 6.43 Å². The van der Waals surface area contributed by atoms with Crippen LogP contribution in [0, 0.1) is 0 Å². The van der Waals surface area contributed by atoms with Crippen molar-refractivity contribution in [2.45, 2.75) is 17.6 Å². The summed E-state index contributed by atoms with van der Waals surface area (Å²) in [6.07, 6.45) is -9.81. The molecule has 0 aliphatic heterocycles. The first-order valence-corrected chi connectivity index (χ1v) is 2.40. The predicted molar refractivity (Wildman–Crippen MR) is 24.9 cm³/mol. The summed E-state index contributed by atoms with van der Waals surface area (Å²) in [5, 5.41) is -4.70. The lowest BCUT2D eigenvalue weighted by atomic mass is 10.4. The molecule has 62 valence electrons. The molecule has 0 heterocycles. The molecule has 1 atom stereocenters. The molecule has 0 aromatic rings. The van der Waals surface area contributed by atoms with Crippen LogP contribution >= 0.6 is 12.6 Å². The molecule has 0 fully saturated rings. The largest absolute Gasteiger partial charge is 0.437 e. The van der Waals surface area contributed by atoms with E-state index in [0.29, 0.717) is 0 Å². The average Bonchev–Trinajstić information content (AvgIpc) is 1.62. The Morgan fingerprint density at radius 3 is 1.30 bits per heavy atom. The van der Waals surface area contributed by atoms with Gasteiger partial charge in [0.1, 0.15) is 0 Å². The fourth-order valence-corrected chi connectivity index (χ4v) is 0.124. The van der Waals surface area contributed by atoms with E-state index in [0.717, 1.165) is 0 Å². The number of halogens is 6. The van der Waals surface area contributed by atoms with Crippen molar-refractivity contribution in [3.05, 3.63) is 0 Å². The van der Waals surface area contributed by atoms with E-state index >= 15 is 0 Å². The molecular formula is C3H2F6S. The first kappa shape index (κ1) is 9.93. The molecule has 0 amide bonds. The predicted octanol–water partition coefficient (Wildman–Crippen LogP) is 2.41. The standard InChI is InChI=1S/C3H2F6S/c4-1(5)2(6,10)3(7,8)9/h1,10H. The van der Waals surface area contributed by atoms with E-state index in [1.165, 1.54) is 0 Å². The average molecular weight is 184 g/mol. The van der Waals surface area contributed by atoms with E-state index in [2.05, 4.69) is 12.6 Å². The highest BCUT2D eigenvalue weighted by atomic mass is 32.1. The zero-order valence-corrected chi connectivity index (χ0v) is 5.19. The van der Waals surface area contributed by atoms with Gasteiger partial charge in [0.15, 0.2) is 0 Å². The monoisotopic (exact) mass is 184 g/mol. The zero-order valence-electron chi connectivity index (χ0n) is 4.29. The smallest absolute Gasteiger partial charge is 0.215 e. The molecule has 7 heteroatoms. The molecule has 0 bridgehead atoms. The second kappa shape index (κ2) is 2.52. The third kappa shape index (κ3) is 1.71. The zero-order chi connectivity index (χ0) is 8.58. The SMILES string of the molecule is FC(F)C(F)(S)C(F)(F)F. The number of hydrogen-bond donors (Lipinski definition) is 1. The highest BCUT2D eigenvalue weighted by Crippen LogP contribution is 2.41. The molecule has 0 aliphatic rings. The number of hydrogen-bond acceptors (Lipinski definition) is 1. The van der Waals surface area contributed by atoms with Gasteiger partial charge in [-0.15, -0.1) is 12.6 Å². The van der Waals surface area contributed by atoms with Gasteiger partial charge in [0, 0.05) is 0 Å². The van der Waals surface area contributed by atoms with Crippen molar-refractivity contribution < 1.29 is 26.3 Å². The van der Waals surface area contributed by atoms with Crippen LogP contribution in [0.1, 0.15) is 0 Å². The van der Waals surface area contributed by atoms with Crippen LogP contribution in [-0.2, 0) is 0 Å². The summed E-state index contributed by atoms with van der Waals surface area (Å²) < 4.78 is 67.4. The summed E-state index contributed by atoms with van der Waals surface area (Å²) in [6, 6.07) is 0. The lowest BCUT2D eigenvalue weighted by molar-refractivity contribution is -0.227. The fourth-order valence-electron chi connectivity index (χ4n) is 0.124. The highest BCUT2D eigenvalue weighted by Gasteiger charge is 2.60. The first-order chi connectivity index (χ1) is 4.19. The van der Waals surface area contributed by atoms with Crippen molar-refractivity contribution in [1.29, 1.82) is 0 Å². The fraction of sp³-hybridized carbons (Fsp3) is 1.00. The summed E-state index contributed by atoms with van der Waals surface area (Å²) in [4.78, 5) is 0. The maximum atomic E-state index is 11.7. The summed E-state index contributed by atoms with van der Waals surface area (Å²) in [5.74, 6) is 0. The maximum absolute atomic E-state index is 11.7. The number of rotatable bonds is 1. The van der Waals surface area contributed by atoms with Crippen LogP contribution in [-0.4, -0.2) is 17.6 Å². The molecule has 0 aromatic carbocycles. The van der Waals surface area contributed by atoms with E-state index in [1.807, 2.05) is 0 Å². The molecule has 0 rings (SSSR count). The Labute approximate surface area is 57.6 Å². The number of alkyl halides is 6. The second-order valence-corrected chi connectivity index (χ2v) is 2.12. The molecule has 0 N–H and O–H groups in total. The van der Waals surface area contributed by atoms with Crippen molar-refractivity contribution >= 4 is 12.6 Å². The lowest BCUT2D eigenvalue weighted by Crippen LogP contribution is -2.41. The first-order valence-electron chi connectivity index (χ1n) is 1.95. The summed E-state index contributed by atoms with van der Waals surface area (Å²) >= 11 is 2.12. The van der Waals surface area contributed by atoms with E-state index in [1.54, 1.807) is 0 Å². The van der Waals surface area contributed by atoms with E-state index in [-0.39, 0.29) is 0 Å².